The Balaban J connectivity index is 2.00. The summed E-state index contributed by atoms with van der Waals surface area (Å²) < 4.78 is 15.4. The van der Waals surface area contributed by atoms with E-state index in [9.17, 15) is 14.4 Å². The lowest BCUT2D eigenvalue weighted by Gasteiger charge is -2.17. The Kier molecular flexibility index (Phi) is 7.88. The third-order valence-corrected chi connectivity index (χ3v) is 4.42. The summed E-state index contributed by atoms with van der Waals surface area (Å²) in [6.45, 7) is 4.82. The topological polar surface area (TPSA) is 103 Å². The average Bonchev–Trinajstić information content (AvgIpc) is 2.71. The molecule has 31 heavy (non-hydrogen) atoms. The largest absolute Gasteiger partial charge is 0.495 e. The van der Waals surface area contributed by atoms with Crippen LogP contribution in [-0.4, -0.2) is 38.6 Å². The highest BCUT2D eigenvalue weighted by atomic mass is 35.5. The van der Waals surface area contributed by atoms with Gasteiger partial charge in [0.1, 0.15) is 11.5 Å². The number of anilines is 2. The van der Waals surface area contributed by atoms with Gasteiger partial charge in [-0.3, -0.25) is 9.59 Å². The van der Waals surface area contributed by atoms with E-state index in [2.05, 4.69) is 10.6 Å². The molecule has 0 spiro atoms. The number of halogens is 1. The van der Waals surface area contributed by atoms with Crippen molar-refractivity contribution in [3.8, 4) is 11.5 Å². The second-order valence-electron chi connectivity index (χ2n) is 7.60. The number of benzene rings is 2. The zero-order valence-electron chi connectivity index (χ0n) is 18.0. The molecule has 0 aromatic heterocycles. The summed E-state index contributed by atoms with van der Waals surface area (Å²) in [5.74, 6) is -0.749. The molecule has 0 aliphatic carbocycles. The summed E-state index contributed by atoms with van der Waals surface area (Å²) in [6, 6.07) is 9.28. The van der Waals surface area contributed by atoms with E-state index < -0.39 is 23.9 Å². The number of esters is 1. The zero-order chi connectivity index (χ0) is 23.2. The van der Waals surface area contributed by atoms with Gasteiger partial charge in [0.05, 0.1) is 30.5 Å². The fraction of sp³-hybridized carbons (Fsp3) is 0.318. The standard InChI is InChI=1S/C22H25ClN2O6/c1-22(2,3)21(28)24-14-8-6-7-13(9-14)20(27)31-12-19(26)25-16-10-15(23)17(29-4)11-18(16)30-5/h6-11H,12H2,1-5H3,(H,24,28)(H,25,26). The summed E-state index contributed by atoms with van der Waals surface area (Å²) in [4.78, 5) is 36.7. The number of ether oxygens (including phenoxy) is 3. The molecule has 0 saturated heterocycles. The molecule has 9 heteroatoms. The second kappa shape index (κ2) is 10.2. The van der Waals surface area contributed by atoms with Crippen molar-refractivity contribution in [1.82, 2.24) is 0 Å². The number of hydrogen-bond acceptors (Lipinski definition) is 6. The first-order chi connectivity index (χ1) is 14.5. The molecule has 0 unspecified atom stereocenters. The van der Waals surface area contributed by atoms with E-state index in [1.54, 1.807) is 32.9 Å². The van der Waals surface area contributed by atoms with Crippen LogP contribution in [0, 0.1) is 5.41 Å². The SMILES string of the molecule is COc1cc(OC)c(NC(=O)COC(=O)c2cccc(NC(=O)C(C)(C)C)c2)cc1Cl. The van der Waals surface area contributed by atoms with Crippen molar-refractivity contribution in [2.45, 2.75) is 20.8 Å². The van der Waals surface area contributed by atoms with E-state index in [-0.39, 0.29) is 16.5 Å². The van der Waals surface area contributed by atoms with Crippen molar-refractivity contribution in [3.05, 3.63) is 47.0 Å². The Morgan fingerprint density at radius 2 is 1.65 bits per heavy atom. The van der Waals surface area contributed by atoms with Crippen molar-refractivity contribution in [1.29, 1.82) is 0 Å². The molecule has 0 aliphatic rings. The molecule has 2 rings (SSSR count). The highest BCUT2D eigenvalue weighted by molar-refractivity contribution is 6.32. The van der Waals surface area contributed by atoms with Gasteiger partial charge in [-0.05, 0) is 24.3 Å². The maximum absolute atomic E-state index is 12.3. The highest BCUT2D eigenvalue weighted by Gasteiger charge is 2.21. The van der Waals surface area contributed by atoms with Gasteiger partial charge in [0, 0.05) is 17.2 Å². The van der Waals surface area contributed by atoms with E-state index in [0.29, 0.717) is 22.9 Å². The summed E-state index contributed by atoms with van der Waals surface area (Å²) in [5, 5.41) is 5.60. The number of nitrogens with one attached hydrogen (secondary N) is 2. The van der Waals surface area contributed by atoms with Crippen LogP contribution in [0.4, 0.5) is 11.4 Å². The third kappa shape index (κ3) is 6.62. The van der Waals surface area contributed by atoms with Gasteiger partial charge in [-0.15, -0.1) is 0 Å². The monoisotopic (exact) mass is 448 g/mol. The zero-order valence-corrected chi connectivity index (χ0v) is 18.8. The van der Waals surface area contributed by atoms with Gasteiger partial charge in [0.25, 0.3) is 5.91 Å². The highest BCUT2D eigenvalue weighted by Crippen LogP contribution is 2.35. The number of hydrogen-bond donors (Lipinski definition) is 2. The third-order valence-electron chi connectivity index (χ3n) is 4.12. The smallest absolute Gasteiger partial charge is 0.338 e. The minimum absolute atomic E-state index is 0.190. The Bertz CT molecular complexity index is 984. The molecule has 0 fully saturated rings. The maximum Gasteiger partial charge on any atom is 0.338 e. The first-order valence-corrected chi connectivity index (χ1v) is 9.73. The lowest BCUT2D eigenvalue weighted by molar-refractivity contribution is -0.123. The molecule has 0 saturated carbocycles. The van der Waals surface area contributed by atoms with E-state index in [1.165, 1.54) is 38.5 Å². The van der Waals surface area contributed by atoms with Gasteiger partial charge in [0.2, 0.25) is 5.91 Å². The molecular formula is C22H25ClN2O6. The van der Waals surface area contributed by atoms with Crippen molar-refractivity contribution in [2.75, 3.05) is 31.5 Å². The molecule has 0 heterocycles. The molecule has 0 atom stereocenters. The fourth-order valence-corrected chi connectivity index (χ4v) is 2.64. The molecule has 0 bridgehead atoms. The van der Waals surface area contributed by atoms with Gasteiger partial charge in [-0.25, -0.2) is 4.79 Å². The summed E-state index contributed by atoms with van der Waals surface area (Å²) in [7, 11) is 2.89. The first kappa shape index (κ1) is 24.0. The summed E-state index contributed by atoms with van der Waals surface area (Å²) in [6.07, 6.45) is 0. The van der Waals surface area contributed by atoms with Crippen LogP contribution in [0.2, 0.25) is 5.02 Å². The van der Waals surface area contributed by atoms with Crippen LogP contribution in [0.5, 0.6) is 11.5 Å². The number of carbonyl (C=O) groups excluding carboxylic acids is 3. The minimum atomic E-state index is -0.707. The van der Waals surface area contributed by atoms with Crippen molar-refractivity contribution in [2.24, 2.45) is 5.41 Å². The van der Waals surface area contributed by atoms with Crippen molar-refractivity contribution in [3.63, 3.8) is 0 Å². The Morgan fingerprint density at radius 3 is 2.26 bits per heavy atom. The van der Waals surface area contributed by atoms with Crippen LogP contribution in [-0.2, 0) is 14.3 Å². The predicted octanol–water partition coefficient (Wildman–Crippen LogP) is 4.14. The number of rotatable bonds is 7. The van der Waals surface area contributed by atoms with Gasteiger partial charge < -0.3 is 24.8 Å². The average molecular weight is 449 g/mol. The minimum Gasteiger partial charge on any atom is -0.495 e. The second-order valence-corrected chi connectivity index (χ2v) is 8.00. The Morgan fingerprint density at radius 1 is 0.968 bits per heavy atom. The van der Waals surface area contributed by atoms with Crippen molar-refractivity contribution >= 4 is 40.8 Å². The van der Waals surface area contributed by atoms with E-state index in [4.69, 9.17) is 25.8 Å². The van der Waals surface area contributed by atoms with Crippen LogP contribution in [0.3, 0.4) is 0 Å². The number of amides is 2. The van der Waals surface area contributed by atoms with Crippen LogP contribution in [0.15, 0.2) is 36.4 Å². The number of methoxy groups -OCH3 is 2. The Labute approximate surface area is 185 Å². The van der Waals surface area contributed by atoms with E-state index in [1.807, 2.05) is 0 Å². The normalized spacial score (nSPS) is 10.8. The fourth-order valence-electron chi connectivity index (χ4n) is 2.40. The van der Waals surface area contributed by atoms with Gasteiger partial charge in [0.15, 0.2) is 6.61 Å². The molecule has 8 nitrogen and oxygen atoms in total. The van der Waals surface area contributed by atoms with Gasteiger partial charge >= 0.3 is 5.97 Å². The van der Waals surface area contributed by atoms with Gasteiger partial charge in [-0.1, -0.05) is 38.4 Å². The van der Waals surface area contributed by atoms with Crippen LogP contribution in [0.1, 0.15) is 31.1 Å². The molecule has 2 N–H and O–H groups in total. The predicted molar refractivity (Wildman–Crippen MR) is 118 cm³/mol. The Hall–Kier alpha value is -3.26. The lowest BCUT2D eigenvalue weighted by Crippen LogP contribution is -2.27. The molecule has 2 amide bonds. The van der Waals surface area contributed by atoms with E-state index >= 15 is 0 Å². The van der Waals surface area contributed by atoms with Crippen molar-refractivity contribution < 1.29 is 28.6 Å². The molecule has 0 radical (unpaired) electrons. The summed E-state index contributed by atoms with van der Waals surface area (Å²) >= 11 is 6.08. The van der Waals surface area contributed by atoms with Crippen LogP contribution < -0.4 is 20.1 Å². The van der Waals surface area contributed by atoms with E-state index in [0.717, 1.165) is 0 Å². The molecule has 166 valence electrons. The van der Waals surface area contributed by atoms with Crippen LogP contribution in [0.25, 0.3) is 0 Å². The molecule has 2 aromatic rings. The molecule has 0 aliphatic heterocycles. The lowest BCUT2D eigenvalue weighted by atomic mass is 9.95. The first-order valence-electron chi connectivity index (χ1n) is 9.35. The molecular weight excluding hydrogens is 424 g/mol. The number of carbonyl (C=O) groups is 3. The maximum atomic E-state index is 12.3. The van der Waals surface area contributed by atoms with Crippen LogP contribution >= 0.6 is 11.6 Å². The quantitative estimate of drug-likeness (QED) is 0.617. The summed E-state index contributed by atoms with van der Waals surface area (Å²) in [5.41, 5.74) is 0.377. The van der Waals surface area contributed by atoms with Gasteiger partial charge in [-0.2, -0.15) is 0 Å². The molecule has 2 aromatic carbocycles.